The van der Waals surface area contributed by atoms with E-state index in [-0.39, 0.29) is 5.82 Å². The van der Waals surface area contributed by atoms with Gasteiger partial charge in [-0.1, -0.05) is 6.42 Å². The second-order valence-corrected chi connectivity index (χ2v) is 4.48. The molecule has 0 radical (unpaired) electrons. The van der Waals surface area contributed by atoms with Crippen LogP contribution < -0.4 is 5.11 Å². The molecule has 0 spiro atoms. The quantitative estimate of drug-likeness (QED) is 0.774. The maximum atomic E-state index is 11.1. The Balaban J connectivity index is 2.10. The highest BCUT2D eigenvalue weighted by Crippen LogP contribution is 2.29. The third-order valence-corrected chi connectivity index (χ3v) is 3.35. The Kier molecular flexibility index (Phi) is 2.31. The van der Waals surface area contributed by atoms with Gasteiger partial charge in [-0.3, -0.25) is 0 Å². The van der Waals surface area contributed by atoms with E-state index in [1.807, 2.05) is 0 Å². The van der Waals surface area contributed by atoms with Gasteiger partial charge >= 0.3 is 0 Å². The van der Waals surface area contributed by atoms with Crippen molar-refractivity contribution in [2.45, 2.75) is 25.8 Å². The number of fused-ring (bicyclic) bond motifs is 1. The number of hydrogen-bond acceptors (Lipinski definition) is 4. The van der Waals surface area contributed by atoms with Crippen LogP contribution in [0.3, 0.4) is 0 Å². The van der Waals surface area contributed by atoms with Crippen LogP contribution in [-0.2, 0) is 6.54 Å². The first-order valence-electron chi connectivity index (χ1n) is 5.78. The van der Waals surface area contributed by atoms with Gasteiger partial charge in [-0.15, -0.1) is 0 Å². The van der Waals surface area contributed by atoms with E-state index in [0.29, 0.717) is 23.6 Å². The summed E-state index contributed by atoms with van der Waals surface area (Å²) in [5, 5.41) is 11.1. The van der Waals surface area contributed by atoms with Crippen LogP contribution in [0.1, 0.15) is 29.9 Å². The van der Waals surface area contributed by atoms with Gasteiger partial charge in [-0.2, -0.15) is 0 Å². The van der Waals surface area contributed by atoms with Crippen LogP contribution in [0, 0.1) is 5.92 Å². The number of aromatic nitrogens is 3. The molecule has 1 saturated carbocycles. The molecular formula is C12H12N3O2-. The predicted octanol–water partition coefficient (Wildman–Crippen LogP) is 0.595. The lowest BCUT2D eigenvalue weighted by atomic mass is 9.85. The number of aromatic carboxylic acids is 1. The average molecular weight is 230 g/mol. The second kappa shape index (κ2) is 3.84. The Morgan fingerprint density at radius 3 is 3.00 bits per heavy atom. The normalized spacial score (nSPS) is 16.0. The topological polar surface area (TPSA) is 70.8 Å². The van der Waals surface area contributed by atoms with Crippen molar-refractivity contribution < 1.29 is 9.90 Å². The summed E-state index contributed by atoms with van der Waals surface area (Å²) in [6.45, 7) is 0.677. The maximum absolute atomic E-state index is 11.1. The SMILES string of the molecule is O=C([O-])c1nc2cccnc2n1CC1CCC1. The molecule has 0 amide bonds. The van der Waals surface area contributed by atoms with Crippen molar-refractivity contribution in [3.05, 3.63) is 24.2 Å². The van der Waals surface area contributed by atoms with E-state index in [2.05, 4.69) is 9.97 Å². The van der Waals surface area contributed by atoms with Gasteiger partial charge in [0.05, 0.1) is 0 Å². The van der Waals surface area contributed by atoms with Gasteiger partial charge in [-0.25, -0.2) is 9.97 Å². The summed E-state index contributed by atoms with van der Waals surface area (Å²) in [6, 6.07) is 3.52. The van der Waals surface area contributed by atoms with Gasteiger partial charge in [0.15, 0.2) is 11.5 Å². The Morgan fingerprint density at radius 2 is 2.35 bits per heavy atom. The Bertz CT molecular complexity index is 572. The van der Waals surface area contributed by atoms with Gasteiger partial charge in [0.25, 0.3) is 0 Å². The molecule has 3 rings (SSSR count). The molecule has 0 aromatic carbocycles. The van der Waals surface area contributed by atoms with Crippen molar-refractivity contribution in [1.82, 2.24) is 14.5 Å². The lowest BCUT2D eigenvalue weighted by Gasteiger charge is -2.26. The molecule has 2 heterocycles. The summed E-state index contributed by atoms with van der Waals surface area (Å²) >= 11 is 0. The van der Waals surface area contributed by atoms with Crippen molar-refractivity contribution in [3.63, 3.8) is 0 Å². The van der Waals surface area contributed by atoms with E-state index in [9.17, 15) is 9.90 Å². The van der Waals surface area contributed by atoms with Gasteiger partial charge in [0.2, 0.25) is 0 Å². The molecule has 5 heteroatoms. The molecule has 0 saturated heterocycles. The van der Waals surface area contributed by atoms with Crippen LogP contribution in [0.2, 0.25) is 0 Å². The number of carboxylic acids is 1. The molecular weight excluding hydrogens is 218 g/mol. The molecule has 0 bridgehead atoms. The summed E-state index contributed by atoms with van der Waals surface area (Å²) in [4.78, 5) is 19.3. The lowest BCUT2D eigenvalue weighted by molar-refractivity contribution is -0.256. The van der Waals surface area contributed by atoms with Crippen molar-refractivity contribution in [3.8, 4) is 0 Å². The van der Waals surface area contributed by atoms with Crippen LogP contribution in [0.5, 0.6) is 0 Å². The third-order valence-electron chi connectivity index (χ3n) is 3.35. The highest BCUT2D eigenvalue weighted by molar-refractivity contribution is 5.87. The van der Waals surface area contributed by atoms with E-state index in [4.69, 9.17) is 0 Å². The lowest BCUT2D eigenvalue weighted by Crippen LogP contribution is -2.29. The molecule has 5 nitrogen and oxygen atoms in total. The number of imidazole rings is 1. The molecule has 0 unspecified atom stereocenters. The summed E-state index contributed by atoms with van der Waals surface area (Å²) in [5.74, 6) is -0.694. The maximum Gasteiger partial charge on any atom is 0.160 e. The van der Waals surface area contributed by atoms with E-state index in [1.165, 1.54) is 6.42 Å². The number of carboxylic acid groups (broad SMARTS) is 1. The van der Waals surface area contributed by atoms with Crippen LogP contribution in [0.15, 0.2) is 18.3 Å². The third kappa shape index (κ3) is 1.67. The van der Waals surface area contributed by atoms with E-state index >= 15 is 0 Å². The monoisotopic (exact) mass is 230 g/mol. The number of rotatable bonds is 3. The molecule has 2 aromatic heterocycles. The van der Waals surface area contributed by atoms with Gasteiger partial charge in [-0.05, 0) is 30.9 Å². The molecule has 1 aliphatic carbocycles. The van der Waals surface area contributed by atoms with E-state index < -0.39 is 5.97 Å². The highest BCUT2D eigenvalue weighted by Gasteiger charge is 2.21. The molecule has 88 valence electrons. The second-order valence-electron chi connectivity index (χ2n) is 4.48. The smallest absolute Gasteiger partial charge is 0.160 e. The molecule has 0 atom stereocenters. The summed E-state index contributed by atoms with van der Waals surface area (Å²) in [6.07, 6.45) is 5.18. The molecule has 0 aliphatic heterocycles. The van der Waals surface area contributed by atoms with Gasteiger partial charge < -0.3 is 14.5 Å². The molecule has 0 N–H and O–H groups in total. The Hall–Kier alpha value is -1.91. The first-order chi connectivity index (χ1) is 8.25. The molecule has 2 aromatic rings. The van der Waals surface area contributed by atoms with E-state index in [0.717, 1.165) is 12.8 Å². The predicted molar refractivity (Wildman–Crippen MR) is 59.2 cm³/mol. The fraction of sp³-hybridized carbons (Fsp3) is 0.417. The van der Waals surface area contributed by atoms with Gasteiger partial charge in [0.1, 0.15) is 11.5 Å². The zero-order chi connectivity index (χ0) is 11.8. The Morgan fingerprint density at radius 1 is 1.53 bits per heavy atom. The fourth-order valence-electron chi connectivity index (χ4n) is 2.22. The van der Waals surface area contributed by atoms with Crippen LogP contribution in [-0.4, -0.2) is 20.5 Å². The minimum Gasteiger partial charge on any atom is -0.542 e. The van der Waals surface area contributed by atoms with Crippen LogP contribution in [0.25, 0.3) is 11.2 Å². The zero-order valence-electron chi connectivity index (χ0n) is 9.30. The minimum absolute atomic E-state index is 0.00870. The number of hydrogen-bond donors (Lipinski definition) is 0. The first kappa shape index (κ1) is 10.3. The largest absolute Gasteiger partial charge is 0.542 e. The van der Waals surface area contributed by atoms with Crippen LogP contribution >= 0.6 is 0 Å². The minimum atomic E-state index is -1.23. The number of carbonyl (C=O) groups is 1. The number of nitrogens with zero attached hydrogens (tertiary/aromatic N) is 3. The van der Waals surface area contributed by atoms with Crippen molar-refractivity contribution >= 4 is 17.1 Å². The first-order valence-corrected chi connectivity index (χ1v) is 5.78. The van der Waals surface area contributed by atoms with Crippen molar-refractivity contribution in [1.29, 1.82) is 0 Å². The summed E-state index contributed by atoms with van der Waals surface area (Å²) in [5.41, 5.74) is 1.25. The number of carbonyl (C=O) groups excluding carboxylic acids is 1. The van der Waals surface area contributed by atoms with Crippen molar-refractivity contribution in [2.75, 3.05) is 0 Å². The zero-order valence-corrected chi connectivity index (χ0v) is 9.30. The highest BCUT2D eigenvalue weighted by atomic mass is 16.4. The molecule has 1 fully saturated rings. The molecule has 1 aliphatic rings. The van der Waals surface area contributed by atoms with Crippen LogP contribution in [0.4, 0.5) is 0 Å². The summed E-state index contributed by atoms with van der Waals surface area (Å²) in [7, 11) is 0. The molecule has 17 heavy (non-hydrogen) atoms. The van der Waals surface area contributed by atoms with E-state index in [1.54, 1.807) is 22.9 Å². The fourth-order valence-corrected chi connectivity index (χ4v) is 2.22. The average Bonchev–Trinajstić information content (AvgIpc) is 2.62. The Labute approximate surface area is 98.1 Å². The van der Waals surface area contributed by atoms with Crippen molar-refractivity contribution in [2.24, 2.45) is 5.92 Å². The summed E-state index contributed by atoms with van der Waals surface area (Å²) < 4.78 is 1.68. The number of pyridine rings is 1. The standard InChI is InChI=1S/C12H13N3O2/c16-12(17)11-14-9-5-2-6-13-10(9)15(11)7-8-3-1-4-8/h2,5-6,8H,1,3-4,7H2,(H,16,17)/p-1. The van der Waals surface area contributed by atoms with Gasteiger partial charge in [0, 0.05) is 12.7 Å².